The molecule has 0 bridgehead atoms. The van der Waals surface area contributed by atoms with Crippen LogP contribution in [0.3, 0.4) is 0 Å². The van der Waals surface area contributed by atoms with Gasteiger partial charge in [0, 0.05) is 36.3 Å². The largest absolute Gasteiger partial charge is 0.371 e. The summed E-state index contributed by atoms with van der Waals surface area (Å²) in [6, 6.07) is 7.98. The number of nitrogens with zero attached hydrogens (tertiary/aromatic N) is 1. The van der Waals surface area contributed by atoms with E-state index in [1.807, 2.05) is 18.2 Å². The number of carbonyl (C=O) groups is 1. The minimum atomic E-state index is 0.162. The Balaban J connectivity index is 1.47. The van der Waals surface area contributed by atoms with Crippen molar-refractivity contribution < 1.29 is 4.79 Å². The van der Waals surface area contributed by atoms with E-state index in [2.05, 4.69) is 28.4 Å². The van der Waals surface area contributed by atoms with E-state index in [9.17, 15) is 4.79 Å². The van der Waals surface area contributed by atoms with Gasteiger partial charge < -0.3 is 10.2 Å². The van der Waals surface area contributed by atoms with Crippen LogP contribution in [0.5, 0.6) is 0 Å². The summed E-state index contributed by atoms with van der Waals surface area (Å²) in [5.74, 6) is 0.902. The first kappa shape index (κ1) is 14.5. The van der Waals surface area contributed by atoms with Gasteiger partial charge in [0.2, 0.25) is 5.91 Å². The summed E-state index contributed by atoms with van der Waals surface area (Å²) in [4.78, 5) is 14.4. The molecule has 1 saturated heterocycles. The number of hydrogen-bond acceptors (Lipinski definition) is 2. The summed E-state index contributed by atoms with van der Waals surface area (Å²) in [7, 11) is 0. The first-order chi connectivity index (χ1) is 10.2. The molecular weight excluding hydrogens is 284 g/mol. The van der Waals surface area contributed by atoms with Crippen molar-refractivity contribution in [3.8, 4) is 0 Å². The lowest BCUT2D eigenvalue weighted by Crippen LogP contribution is -2.34. The first-order valence-electron chi connectivity index (χ1n) is 7.65. The third kappa shape index (κ3) is 3.59. The quantitative estimate of drug-likeness (QED) is 0.866. The molecule has 4 heteroatoms. The first-order valence-corrected chi connectivity index (χ1v) is 8.03. The highest BCUT2D eigenvalue weighted by Gasteiger charge is 2.25. The van der Waals surface area contributed by atoms with Crippen molar-refractivity contribution >= 4 is 23.2 Å². The topological polar surface area (TPSA) is 32.3 Å². The molecule has 3 nitrogen and oxygen atoms in total. The van der Waals surface area contributed by atoms with E-state index in [0.29, 0.717) is 5.92 Å². The zero-order valence-electron chi connectivity index (χ0n) is 12.1. The van der Waals surface area contributed by atoms with E-state index in [0.717, 1.165) is 43.9 Å². The number of nitrogens with one attached hydrogen (secondary N) is 1. The summed E-state index contributed by atoms with van der Waals surface area (Å²) >= 11 is 6.05. The van der Waals surface area contributed by atoms with Crippen LogP contribution in [0.4, 0.5) is 5.69 Å². The average Bonchev–Trinajstić information content (AvgIpc) is 3.16. The van der Waals surface area contributed by atoms with Crippen LogP contribution in [0.1, 0.15) is 19.3 Å². The number of halogens is 1. The third-order valence-corrected chi connectivity index (χ3v) is 4.64. The second kappa shape index (κ2) is 6.52. The highest BCUT2D eigenvalue weighted by atomic mass is 35.5. The van der Waals surface area contributed by atoms with Crippen LogP contribution in [0.2, 0.25) is 5.02 Å². The zero-order chi connectivity index (χ0) is 14.7. The Kier molecular flexibility index (Phi) is 4.49. The lowest BCUT2D eigenvalue weighted by molar-refractivity contribution is -0.124. The standard InChI is InChI=1S/C17H21ClN2O/c18-15-6-3-7-16(10-15)20-9-8-13(12-20)11-19-17(21)14-4-1-2-5-14/h1-3,6-7,10,13-14H,4-5,8-9,11-12H2,(H,19,21). The van der Waals surface area contributed by atoms with Crippen molar-refractivity contribution in [3.05, 3.63) is 41.4 Å². The Morgan fingerprint density at radius 3 is 2.90 bits per heavy atom. The van der Waals surface area contributed by atoms with Crippen molar-refractivity contribution in [2.45, 2.75) is 19.3 Å². The minimum absolute atomic E-state index is 0.162. The summed E-state index contributed by atoms with van der Waals surface area (Å²) in [6.07, 6.45) is 7.10. The van der Waals surface area contributed by atoms with Gasteiger partial charge in [-0.1, -0.05) is 29.8 Å². The molecule has 112 valence electrons. The van der Waals surface area contributed by atoms with Crippen molar-refractivity contribution in [1.29, 1.82) is 0 Å². The molecule has 1 atom stereocenters. The van der Waals surface area contributed by atoms with Crippen LogP contribution in [0, 0.1) is 11.8 Å². The molecule has 1 fully saturated rings. The summed E-state index contributed by atoms with van der Waals surface area (Å²) in [6.45, 7) is 2.81. The predicted molar refractivity (Wildman–Crippen MR) is 86.6 cm³/mol. The van der Waals surface area contributed by atoms with Gasteiger partial charge in [0.15, 0.2) is 0 Å². The van der Waals surface area contributed by atoms with E-state index >= 15 is 0 Å². The maximum absolute atomic E-state index is 12.0. The molecule has 1 aliphatic heterocycles. The number of hydrogen-bond donors (Lipinski definition) is 1. The average molecular weight is 305 g/mol. The zero-order valence-corrected chi connectivity index (χ0v) is 12.9. The van der Waals surface area contributed by atoms with E-state index in [1.165, 1.54) is 5.69 Å². The van der Waals surface area contributed by atoms with Gasteiger partial charge >= 0.3 is 0 Å². The highest BCUT2D eigenvalue weighted by molar-refractivity contribution is 6.30. The Labute approximate surface area is 131 Å². The fraction of sp³-hybridized carbons (Fsp3) is 0.471. The van der Waals surface area contributed by atoms with Gasteiger partial charge in [0.25, 0.3) is 0 Å². The second-order valence-electron chi connectivity index (χ2n) is 5.97. The molecule has 0 aromatic heterocycles. The van der Waals surface area contributed by atoms with Crippen molar-refractivity contribution in [2.75, 3.05) is 24.5 Å². The lowest BCUT2D eigenvalue weighted by atomic mass is 10.1. The number of benzene rings is 1. The summed E-state index contributed by atoms with van der Waals surface area (Å²) in [5.41, 5.74) is 1.18. The molecular formula is C17H21ClN2O. The molecule has 3 rings (SSSR count). The van der Waals surface area contributed by atoms with Crippen LogP contribution in [0.15, 0.2) is 36.4 Å². The van der Waals surface area contributed by atoms with Crippen LogP contribution in [0.25, 0.3) is 0 Å². The number of carbonyl (C=O) groups excluding carboxylic acids is 1. The molecule has 0 radical (unpaired) electrons. The molecule has 1 N–H and O–H groups in total. The van der Waals surface area contributed by atoms with Gasteiger partial charge in [0.1, 0.15) is 0 Å². The predicted octanol–water partition coefficient (Wildman–Crippen LogP) is 3.25. The van der Waals surface area contributed by atoms with Gasteiger partial charge in [-0.15, -0.1) is 0 Å². The fourth-order valence-electron chi connectivity index (χ4n) is 3.13. The Morgan fingerprint density at radius 2 is 2.14 bits per heavy atom. The Hall–Kier alpha value is -1.48. The lowest BCUT2D eigenvalue weighted by Gasteiger charge is -2.19. The normalized spacial score (nSPS) is 22.0. The van der Waals surface area contributed by atoms with Gasteiger partial charge in [-0.05, 0) is 43.4 Å². The SMILES string of the molecule is O=C(NCC1CCN(c2cccc(Cl)c2)C1)C1CC=CC1. The maximum atomic E-state index is 12.0. The molecule has 1 aromatic rings. The number of allylic oxidation sites excluding steroid dienone is 2. The molecule has 1 aromatic carbocycles. The van der Waals surface area contributed by atoms with Crippen molar-refractivity contribution in [3.63, 3.8) is 0 Å². The van der Waals surface area contributed by atoms with Gasteiger partial charge in [-0.3, -0.25) is 4.79 Å². The third-order valence-electron chi connectivity index (χ3n) is 4.40. The minimum Gasteiger partial charge on any atom is -0.371 e. The number of amides is 1. The Morgan fingerprint density at radius 1 is 1.33 bits per heavy atom. The van der Waals surface area contributed by atoms with Gasteiger partial charge in [-0.2, -0.15) is 0 Å². The summed E-state index contributed by atoms with van der Waals surface area (Å²) in [5, 5.41) is 3.89. The summed E-state index contributed by atoms with van der Waals surface area (Å²) < 4.78 is 0. The van der Waals surface area contributed by atoms with E-state index in [4.69, 9.17) is 11.6 Å². The molecule has 21 heavy (non-hydrogen) atoms. The molecule has 1 unspecified atom stereocenters. The number of anilines is 1. The Bertz CT molecular complexity index is 535. The van der Waals surface area contributed by atoms with Crippen LogP contribution in [-0.2, 0) is 4.79 Å². The van der Waals surface area contributed by atoms with Crippen molar-refractivity contribution in [2.24, 2.45) is 11.8 Å². The fourth-order valence-corrected chi connectivity index (χ4v) is 3.31. The maximum Gasteiger partial charge on any atom is 0.223 e. The molecule has 1 amide bonds. The van der Waals surface area contributed by atoms with E-state index < -0.39 is 0 Å². The van der Waals surface area contributed by atoms with E-state index in [1.54, 1.807) is 0 Å². The number of rotatable bonds is 4. The van der Waals surface area contributed by atoms with Gasteiger partial charge in [0.05, 0.1) is 0 Å². The van der Waals surface area contributed by atoms with E-state index in [-0.39, 0.29) is 11.8 Å². The van der Waals surface area contributed by atoms with Crippen LogP contribution in [-0.4, -0.2) is 25.5 Å². The van der Waals surface area contributed by atoms with Crippen LogP contribution >= 0.6 is 11.6 Å². The smallest absolute Gasteiger partial charge is 0.223 e. The van der Waals surface area contributed by atoms with Crippen molar-refractivity contribution in [1.82, 2.24) is 5.32 Å². The van der Waals surface area contributed by atoms with Gasteiger partial charge in [-0.25, -0.2) is 0 Å². The second-order valence-corrected chi connectivity index (χ2v) is 6.40. The molecule has 0 saturated carbocycles. The molecule has 0 spiro atoms. The molecule has 2 aliphatic rings. The monoisotopic (exact) mass is 304 g/mol. The molecule has 1 aliphatic carbocycles. The molecule has 1 heterocycles. The van der Waals surface area contributed by atoms with Crippen LogP contribution < -0.4 is 10.2 Å². The highest BCUT2D eigenvalue weighted by Crippen LogP contribution is 2.26.